The van der Waals surface area contributed by atoms with Crippen LogP contribution in [0.2, 0.25) is 0 Å². The number of piperidine rings is 1. The summed E-state index contributed by atoms with van der Waals surface area (Å²) in [5.74, 6) is -1.17. The zero-order chi connectivity index (χ0) is 18.1. The molecule has 1 aromatic carbocycles. The molecule has 1 fully saturated rings. The van der Waals surface area contributed by atoms with Crippen molar-refractivity contribution in [3.63, 3.8) is 0 Å². The average molecular weight is 389 g/mol. The maximum Gasteiger partial charge on any atom is 0.306 e. The fourth-order valence-corrected chi connectivity index (χ4v) is 3.22. The van der Waals surface area contributed by atoms with Crippen molar-refractivity contribution in [2.45, 2.75) is 31.8 Å². The molecule has 0 spiro atoms. The first-order chi connectivity index (χ1) is 11.8. The lowest BCUT2D eigenvalue weighted by Crippen LogP contribution is -2.42. The summed E-state index contributed by atoms with van der Waals surface area (Å²) in [6.07, 6.45) is -1.45. The van der Waals surface area contributed by atoms with E-state index in [-0.39, 0.29) is 24.0 Å². The molecule has 2 heterocycles. The SMILES string of the molecule is Cl.O=C(O)C1CCN(Cc2cc3c(cc2[N+](=O)[O-])NC(O)C(O)N3)CC1. The number of rotatable bonds is 4. The molecule has 2 aliphatic heterocycles. The van der Waals surface area contributed by atoms with Gasteiger partial charge in [0.25, 0.3) is 5.69 Å². The molecular formula is C15H21ClN4O6. The molecule has 0 aromatic heterocycles. The van der Waals surface area contributed by atoms with Crippen LogP contribution in [-0.4, -0.2) is 56.7 Å². The van der Waals surface area contributed by atoms with Crippen molar-refractivity contribution >= 4 is 35.4 Å². The first-order valence-electron chi connectivity index (χ1n) is 8.01. The number of anilines is 2. The summed E-state index contributed by atoms with van der Waals surface area (Å²) >= 11 is 0. The van der Waals surface area contributed by atoms with Crippen molar-refractivity contribution in [2.24, 2.45) is 5.92 Å². The summed E-state index contributed by atoms with van der Waals surface area (Å²) in [7, 11) is 0. The molecule has 11 heteroatoms. The normalized spacial score (nSPS) is 23.2. The van der Waals surface area contributed by atoms with Gasteiger partial charge in [0.1, 0.15) is 0 Å². The maximum atomic E-state index is 11.4. The Morgan fingerprint density at radius 1 is 1.19 bits per heavy atom. The maximum absolute atomic E-state index is 11.4. The predicted molar refractivity (Wildman–Crippen MR) is 95.2 cm³/mol. The van der Waals surface area contributed by atoms with E-state index in [9.17, 15) is 25.1 Å². The Labute approximate surface area is 155 Å². The first kappa shape index (κ1) is 20.2. The lowest BCUT2D eigenvalue weighted by molar-refractivity contribution is -0.385. The number of carbonyl (C=O) groups is 1. The Morgan fingerprint density at radius 2 is 1.73 bits per heavy atom. The molecule has 3 rings (SSSR count). The highest BCUT2D eigenvalue weighted by molar-refractivity contribution is 5.85. The summed E-state index contributed by atoms with van der Waals surface area (Å²) in [6.45, 7) is 1.42. The molecule has 144 valence electrons. The second-order valence-corrected chi connectivity index (χ2v) is 6.35. The van der Waals surface area contributed by atoms with Gasteiger partial charge >= 0.3 is 5.97 Å². The largest absolute Gasteiger partial charge is 0.481 e. The number of nitro benzene ring substituents is 1. The topological polar surface area (TPSA) is 148 Å². The number of hydrogen-bond donors (Lipinski definition) is 5. The predicted octanol–water partition coefficient (Wildman–Crippen LogP) is 0.787. The van der Waals surface area contributed by atoms with Crippen molar-refractivity contribution in [3.05, 3.63) is 27.8 Å². The van der Waals surface area contributed by atoms with E-state index in [2.05, 4.69) is 10.6 Å². The number of nitrogens with one attached hydrogen (secondary N) is 2. The van der Waals surface area contributed by atoms with Crippen LogP contribution in [0.15, 0.2) is 12.1 Å². The Balaban J connectivity index is 0.00000243. The molecular weight excluding hydrogens is 368 g/mol. The minimum absolute atomic E-state index is 0. The van der Waals surface area contributed by atoms with Gasteiger partial charge in [-0.25, -0.2) is 0 Å². The van der Waals surface area contributed by atoms with Crippen molar-refractivity contribution in [1.29, 1.82) is 0 Å². The molecule has 10 nitrogen and oxygen atoms in total. The Hall–Kier alpha value is -2.14. The van der Waals surface area contributed by atoms with E-state index in [1.54, 1.807) is 6.07 Å². The number of aliphatic hydroxyl groups is 2. The molecule has 0 bridgehead atoms. The second-order valence-electron chi connectivity index (χ2n) is 6.35. The fraction of sp³-hybridized carbons (Fsp3) is 0.533. The highest BCUT2D eigenvalue weighted by Gasteiger charge is 2.29. The van der Waals surface area contributed by atoms with E-state index < -0.39 is 23.3 Å². The Morgan fingerprint density at radius 3 is 2.23 bits per heavy atom. The average Bonchev–Trinajstić information content (AvgIpc) is 2.56. The second kappa shape index (κ2) is 8.04. The van der Waals surface area contributed by atoms with Crippen LogP contribution in [0, 0.1) is 16.0 Å². The molecule has 0 amide bonds. The summed E-state index contributed by atoms with van der Waals surface area (Å²) in [5, 5.41) is 45.0. The molecule has 2 aliphatic rings. The highest BCUT2D eigenvalue weighted by atomic mass is 35.5. The number of benzene rings is 1. The molecule has 0 radical (unpaired) electrons. The third kappa shape index (κ3) is 4.15. The summed E-state index contributed by atoms with van der Waals surface area (Å²) < 4.78 is 0. The molecule has 1 aromatic rings. The summed E-state index contributed by atoms with van der Waals surface area (Å²) in [5.41, 5.74) is 1.20. The van der Waals surface area contributed by atoms with Crippen LogP contribution >= 0.6 is 12.4 Å². The number of nitrogens with zero attached hydrogens (tertiary/aromatic N) is 2. The Bertz CT molecular complexity index is 695. The molecule has 5 N–H and O–H groups in total. The van der Waals surface area contributed by atoms with Gasteiger partial charge in [-0.05, 0) is 32.0 Å². The van der Waals surface area contributed by atoms with Crippen molar-refractivity contribution in [2.75, 3.05) is 23.7 Å². The monoisotopic (exact) mass is 388 g/mol. The van der Waals surface area contributed by atoms with E-state index in [1.165, 1.54) is 6.07 Å². The lowest BCUT2D eigenvalue weighted by atomic mass is 9.96. The number of carboxylic acids is 1. The van der Waals surface area contributed by atoms with Crippen molar-refractivity contribution in [1.82, 2.24) is 4.90 Å². The van der Waals surface area contributed by atoms with E-state index in [1.807, 2.05) is 4.90 Å². The third-order valence-corrected chi connectivity index (χ3v) is 4.65. The summed E-state index contributed by atoms with van der Waals surface area (Å²) in [4.78, 5) is 23.9. The van der Waals surface area contributed by atoms with Gasteiger partial charge in [0.05, 0.1) is 22.2 Å². The van der Waals surface area contributed by atoms with Crippen LogP contribution in [0.5, 0.6) is 0 Å². The Kier molecular flexibility index (Phi) is 6.24. The van der Waals surface area contributed by atoms with Crippen LogP contribution in [0.3, 0.4) is 0 Å². The number of hydrogen-bond acceptors (Lipinski definition) is 8. The quantitative estimate of drug-likeness (QED) is 0.372. The van der Waals surface area contributed by atoms with E-state index in [0.717, 1.165) is 0 Å². The number of aliphatic carboxylic acids is 1. The van der Waals surface area contributed by atoms with Gasteiger partial charge in [0.2, 0.25) is 0 Å². The van der Waals surface area contributed by atoms with Crippen molar-refractivity contribution < 1.29 is 25.0 Å². The van der Waals surface area contributed by atoms with Gasteiger partial charge in [-0.1, -0.05) is 0 Å². The first-order valence-corrected chi connectivity index (χ1v) is 8.01. The van der Waals surface area contributed by atoms with Gasteiger partial charge < -0.3 is 26.0 Å². The van der Waals surface area contributed by atoms with Crippen LogP contribution in [0.1, 0.15) is 18.4 Å². The fourth-order valence-electron chi connectivity index (χ4n) is 3.22. The number of likely N-dealkylation sites (tertiary alicyclic amines) is 1. The van der Waals surface area contributed by atoms with Gasteiger partial charge in [-0.3, -0.25) is 19.8 Å². The summed E-state index contributed by atoms with van der Waals surface area (Å²) in [6, 6.07) is 2.91. The molecule has 2 unspecified atom stereocenters. The number of aliphatic hydroxyl groups excluding tert-OH is 2. The van der Waals surface area contributed by atoms with Crippen LogP contribution < -0.4 is 10.6 Å². The number of halogens is 1. The number of fused-ring (bicyclic) bond motifs is 1. The smallest absolute Gasteiger partial charge is 0.306 e. The minimum atomic E-state index is -1.26. The van der Waals surface area contributed by atoms with Crippen LogP contribution in [-0.2, 0) is 11.3 Å². The molecule has 26 heavy (non-hydrogen) atoms. The van der Waals surface area contributed by atoms with Gasteiger partial charge in [-0.15, -0.1) is 12.4 Å². The number of carboxylic acid groups (broad SMARTS) is 1. The third-order valence-electron chi connectivity index (χ3n) is 4.65. The van der Waals surface area contributed by atoms with E-state index in [0.29, 0.717) is 49.4 Å². The molecule has 0 aliphatic carbocycles. The van der Waals surface area contributed by atoms with E-state index >= 15 is 0 Å². The lowest BCUT2D eigenvalue weighted by Gasteiger charge is -2.32. The van der Waals surface area contributed by atoms with Gasteiger partial charge in [0.15, 0.2) is 12.5 Å². The van der Waals surface area contributed by atoms with Gasteiger partial charge in [-0.2, -0.15) is 0 Å². The standard InChI is InChI=1S/C15H20N4O6.ClH/c20-13-14(21)17-11-6-12(19(24)25)9(5-10(11)16-13)7-18-3-1-8(2-4-18)15(22)23;/h5-6,8,13-14,16-17,20-21H,1-4,7H2,(H,22,23);1H. The zero-order valence-electron chi connectivity index (χ0n) is 13.8. The van der Waals surface area contributed by atoms with Crippen LogP contribution in [0.25, 0.3) is 0 Å². The minimum Gasteiger partial charge on any atom is -0.481 e. The van der Waals surface area contributed by atoms with E-state index in [4.69, 9.17) is 5.11 Å². The molecule has 1 saturated heterocycles. The molecule has 2 atom stereocenters. The highest BCUT2D eigenvalue weighted by Crippen LogP contribution is 2.35. The number of nitro groups is 1. The van der Waals surface area contributed by atoms with Crippen molar-refractivity contribution in [3.8, 4) is 0 Å². The van der Waals surface area contributed by atoms with Crippen LogP contribution in [0.4, 0.5) is 17.1 Å². The zero-order valence-corrected chi connectivity index (χ0v) is 14.6. The molecule has 0 saturated carbocycles. The van der Waals surface area contributed by atoms with Gasteiger partial charge in [0, 0.05) is 18.2 Å².